The van der Waals surface area contributed by atoms with E-state index in [0.717, 1.165) is 12.8 Å². The molecular weight excluding hydrogens is 291 g/mol. The Labute approximate surface area is 131 Å². The van der Waals surface area contributed by atoms with Crippen LogP contribution in [-0.2, 0) is 9.47 Å². The fourth-order valence-electron chi connectivity index (χ4n) is 1.20. The van der Waals surface area contributed by atoms with E-state index < -0.39 is 25.7 Å². The van der Waals surface area contributed by atoms with Crippen LogP contribution in [0.3, 0.4) is 0 Å². The Morgan fingerprint density at radius 2 is 1.33 bits per heavy atom. The van der Waals surface area contributed by atoms with Gasteiger partial charge >= 0.3 is 6.16 Å². The van der Waals surface area contributed by atoms with Crippen LogP contribution in [0.1, 0.15) is 74.1 Å². The summed E-state index contributed by atoms with van der Waals surface area (Å²) in [7, 11) is -1.62. The normalized spacial score (nSPS) is 11.7. The van der Waals surface area contributed by atoms with Crippen molar-refractivity contribution in [2.75, 3.05) is 6.16 Å². The van der Waals surface area contributed by atoms with Crippen molar-refractivity contribution in [1.82, 2.24) is 0 Å². The Kier molecular flexibility index (Phi) is 12.2. The molecule has 0 fully saturated rings. The second kappa shape index (κ2) is 11.2. The lowest BCUT2D eigenvalue weighted by molar-refractivity contribution is -0.0468. The monoisotopic (exact) mass is 324 g/mol. The molecule has 0 saturated heterocycles. The highest BCUT2D eigenvalue weighted by atomic mass is 31.2. The van der Waals surface area contributed by atoms with E-state index in [0.29, 0.717) is 6.16 Å². The van der Waals surface area contributed by atoms with Gasteiger partial charge in [0.2, 0.25) is 0 Å². The molecule has 21 heavy (non-hydrogen) atoms. The number of hydrogen-bond acceptors (Lipinski definition) is 5. The Hall–Kier alpha value is -0.380. The van der Waals surface area contributed by atoms with Crippen molar-refractivity contribution >= 4 is 14.5 Å². The topological polar surface area (TPSA) is 76.0 Å². The van der Waals surface area contributed by atoms with Gasteiger partial charge in [-0.2, -0.15) is 0 Å². The molecule has 6 heteroatoms. The van der Waals surface area contributed by atoms with Gasteiger partial charge in [-0.25, -0.2) is 4.79 Å². The van der Waals surface area contributed by atoms with Gasteiger partial charge in [-0.3, -0.25) is 0 Å². The van der Waals surface area contributed by atoms with Crippen LogP contribution in [0.25, 0.3) is 0 Å². The molecule has 2 N–H and O–H groups in total. The van der Waals surface area contributed by atoms with Gasteiger partial charge in [0.05, 0.1) is 0 Å². The molecule has 0 aromatic rings. The van der Waals surface area contributed by atoms with Crippen LogP contribution in [0.2, 0.25) is 0 Å². The molecule has 0 aliphatic carbocycles. The molecule has 0 aliphatic rings. The number of hydrogen-bond donors (Lipinski definition) is 2. The average Bonchev–Trinajstić information content (AvgIpc) is 2.19. The van der Waals surface area contributed by atoms with Gasteiger partial charge in [-0.1, -0.05) is 26.2 Å². The average molecular weight is 324 g/mol. The Bertz CT molecular complexity index is 248. The summed E-state index contributed by atoms with van der Waals surface area (Å²) in [6.07, 6.45) is 4.49. The van der Waals surface area contributed by atoms with Crippen LogP contribution in [0, 0.1) is 0 Å². The minimum Gasteiger partial charge on any atom is -0.429 e. The fourth-order valence-corrected chi connectivity index (χ4v) is 1.71. The Morgan fingerprint density at radius 3 is 1.62 bits per heavy atom. The highest BCUT2D eigenvalue weighted by Crippen LogP contribution is 2.24. The van der Waals surface area contributed by atoms with E-state index in [4.69, 9.17) is 19.3 Å². The van der Waals surface area contributed by atoms with Gasteiger partial charge in [0.1, 0.15) is 11.2 Å². The third-order valence-electron chi connectivity index (χ3n) is 1.99. The summed E-state index contributed by atoms with van der Waals surface area (Å²) in [5.41, 5.74) is -0.968. The molecular formula is C15H33O5P. The minimum absolute atomic E-state index is 0.484. The van der Waals surface area contributed by atoms with E-state index in [1.165, 1.54) is 12.8 Å². The van der Waals surface area contributed by atoms with Crippen LogP contribution in [0.15, 0.2) is 0 Å². The van der Waals surface area contributed by atoms with Crippen LogP contribution in [0.5, 0.6) is 0 Å². The van der Waals surface area contributed by atoms with E-state index in [2.05, 4.69) is 6.92 Å². The van der Waals surface area contributed by atoms with Gasteiger partial charge in [0.25, 0.3) is 0 Å². The van der Waals surface area contributed by atoms with Crippen LogP contribution < -0.4 is 0 Å². The molecule has 0 atom stereocenters. The maximum Gasteiger partial charge on any atom is 0.509 e. The predicted octanol–water partition coefficient (Wildman–Crippen LogP) is 4.60. The molecule has 0 bridgehead atoms. The van der Waals surface area contributed by atoms with E-state index in [-0.39, 0.29) is 0 Å². The van der Waals surface area contributed by atoms with E-state index in [1.54, 1.807) is 41.5 Å². The summed E-state index contributed by atoms with van der Waals surface area (Å²) in [4.78, 5) is 28.0. The molecule has 0 aliphatic heterocycles. The third kappa shape index (κ3) is 25.0. The van der Waals surface area contributed by atoms with Gasteiger partial charge in [0, 0.05) is 6.16 Å². The molecule has 0 aromatic carbocycles. The number of ether oxygens (including phenoxy) is 2. The highest BCUT2D eigenvalue weighted by molar-refractivity contribution is 7.45. The summed E-state index contributed by atoms with van der Waals surface area (Å²) < 4.78 is 9.91. The van der Waals surface area contributed by atoms with Crippen molar-refractivity contribution in [3.05, 3.63) is 0 Å². The Balaban J connectivity index is 0. The fraction of sp³-hybridized carbons (Fsp3) is 0.933. The van der Waals surface area contributed by atoms with E-state index in [1.807, 2.05) is 0 Å². The van der Waals surface area contributed by atoms with Gasteiger partial charge in [-0.15, -0.1) is 0 Å². The molecule has 128 valence electrons. The van der Waals surface area contributed by atoms with Crippen LogP contribution >= 0.6 is 8.38 Å². The maximum atomic E-state index is 11.0. The van der Waals surface area contributed by atoms with Gasteiger partial charge < -0.3 is 19.3 Å². The molecule has 0 radical (unpaired) electrons. The molecule has 0 spiro atoms. The second-order valence-electron chi connectivity index (χ2n) is 6.84. The summed E-state index contributed by atoms with van der Waals surface area (Å²) in [5, 5.41) is 0. The molecule has 0 rings (SSSR count). The van der Waals surface area contributed by atoms with Crippen molar-refractivity contribution in [3.63, 3.8) is 0 Å². The van der Waals surface area contributed by atoms with Crippen LogP contribution in [-0.4, -0.2) is 33.3 Å². The zero-order chi connectivity index (χ0) is 17.1. The zero-order valence-electron chi connectivity index (χ0n) is 14.6. The third-order valence-corrected chi connectivity index (χ3v) is 2.71. The van der Waals surface area contributed by atoms with Crippen LogP contribution in [0.4, 0.5) is 4.79 Å². The highest BCUT2D eigenvalue weighted by Gasteiger charge is 2.22. The number of rotatable bonds is 5. The first kappa shape index (κ1) is 22.9. The number of carbonyl (C=O) groups is 1. The summed E-state index contributed by atoms with van der Waals surface area (Å²) in [6, 6.07) is 0. The standard InChI is InChI=1S/C9H18O3.C6H15O2P/c1-8(2,3)11-7(10)12-9(4,5)6;1-2-3-4-5-6-9(7)8/h1-6H3;7-8H,2-6H2,1H3. The second-order valence-corrected chi connectivity index (χ2v) is 8.03. The number of unbranched alkanes of at least 4 members (excludes halogenated alkanes) is 3. The maximum absolute atomic E-state index is 11.0. The van der Waals surface area contributed by atoms with Crippen molar-refractivity contribution in [3.8, 4) is 0 Å². The van der Waals surface area contributed by atoms with Crippen molar-refractivity contribution < 1.29 is 24.1 Å². The quantitative estimate of drug-likeness (QED) is 0.439. The molecule has 0 saturated carbocycles. The van der Waals surface area contributed by atoms with Gasteiger partial charge in [0.15, 0.2) is 8.38 Å². The predicted molar refractivity (Wildman–Crippen MR) is 87.4 cm³/mol. The summed E-state index contributed by atoms with van der Waals surface area (Å²) >= 11 is 0. The summed E-state index contributed by atoms with van der Waals surface area (Å²) in [5.74, 6) is 0. The lowest BCUT2D eigenvalue weighted by atomic mass is 10.2. The molecule has 0 heterocycles. The molecule has 0 aromatic heterocycles. The minimum atomic E-state index is -1.62. The SMILES string of the molecule is CC(C)(C)OC(=O)OC(C)(C)C.CCCCCCP(O)O. The molecule has 0 unspecified atom stereocenters. The molecule has 0 amide bonds. The first-order valence-electron chi connectivity index (χ1n) is 7.44. The van der Waals surface area contributed by atoms with Gasteiger partial charge in [-0.05, 0) is 48.0 Å². The van der Waals surface area contributed by atoms with Crippen molar-refractivity contribution in [2.45, 2.75) is 85.4 Å². The first-order valence-corrected chi connectivity index (χ1v) is 8.88. The summed E-state index contributed by atoms with van der Waals surface area (Å²) in [6.45, 7) is 13.0. The lowest BCUT2D eigenvalue weighted by Crippen LogP contribution is -2.30. The smallest absolute Gasteiger partial charge is 0.429 e. The largest absolute Gasteiger partial charge is 0.509 e. The number of carbonyl (C=O) groups excluding carboxylic acids is 1. The van der Waals surface area contributed by atoms with E-state index in [9.17, 15) is 4.79 Å². The zero-order valence-corrected chi connectivity index (χ0v) is 15.5. The molecule has 5 nitrogen and oxygen atoms in total. The Morgan fingerprint density at radius 1 is 0.905 bits per heavy atom. The van der Waals surface area contributed by atoms with Crippen molar-refractivity contribution in [1.29, 1.82) is 0 Å². The van der Waals surface area contributed by atoms with E-state index >= 15 is 0 Å². The first-order chi connectivity index (χ1) is 9.37. The lowest BCUT2D eigenvalue weighted by Gasteiger charge is -2.24. The van der Waals surface area contributed by atoms with Crippen molar-refractivity contribution in [2.24, 2.45) is 0 Å².